The molecule has 0 heterocycles. The molecule has 1 unspecified atom stereocenters. The molecule has 50 valence electrons. The predicted molar refractivity (Wildman–Crippen MR) is 29.3 cm³/mol. The van der Waals surface area contributed by atoms with Crippen molar-refractivity contribution in [3.63, 3.8) is 0 Å². The molecule has 0 aliphatic carbocycles. The first-order valence-electron chi connectivity index (χ1n) is 1.68. The molecule has 5 nitrogen and oxygen atoms in total. The minimum absolute atomic E-state index is 0.278. The minimum atomic E-state index is -1.50. The molecule has 0 aromatic heterocycles. The van der Waals surface area contributed by atoms with E-state index < -0.39 is 14.7 Å². The lowest BCUT2D eigenvalue weighted by Crippen LogP contribution is -2.10. The Balaban J connectivity index is 0. The van der Waals surface area contributed by atoms with Crippen molar-refractivity contribution in [1.29, 1.82) is 0 Å². The first-order chi connectivity index (χ1) is 3.68. The van der Waals surface area contributed by atoms with Gasteiger partial charge in [-0.1, -0.05) is 0 Å². The molecule has 0 bridgehead atoms. The Labute approximate surface area is 47.4 Å². The van der Waals surface area contributed by atoms with E-state index in [-0.39, 0.29) is 6.54 Å². The quantitative estimate of drug-likeness (QED) is 0.393. The highest BCUT2D eigenvalue weighted by Gasteiger charge is 1.81. The molecule has 0 aromatic rings. The summed E-state index contributed by atoms with van der Waals surface area (Å²) >= 11 is 0. The Morgan fingerprint density at radius 1 is 1.75 bits per heavy atom. The Kier molecular flexibility index (Phi) is 12.9. The number of hydrogen-bond acceptors (Lipinski definition) is 3. The molecule has 0 aromatic carbocycles. The zero-order valence-corrected chi connectivity index (χ0v) is 5.23. The van der Waals surface area contributed by atoms with Crippen LogP contribution in [0.2, 0.25) is 0 Å². The van der Waals surface area contributed by atoms with Crippen LogP contribution in [0.15, 0.2) is 0 Å². The Hall–Kier alpha value is -0.380. The highest BCUT2D eigenvalue weighted by molar-refractivity contribution is 7.16. The summed E-state index contributed by atoms with van der Waals surface area (Å²) in [5, 5.41) is 7.60. The van der Waals surface area contributed by atoms with E-state index in [0.29, 0.717) is 0 Å². The van der Waals surface area contributed by atoms with Crippen LogP contribution in [0.25, 0.3) is 0 Å². The van der Waals surface area contributed by atoms with Crippen molar-refractivity contribution in [3.8, 4) is 0 Å². The van der Waals surface area contributed by atoms with Crippen molar-refractivity contribution in [2.75, 3.05) is 6.54 Å². The topological polar surface area (TPSA) is 101 Å². The molecule has 6 heteroatoms. The second-order valence-electron chi connectivity index (χ2n) is 0.703. The van der Waals surface area contributed by atoms with Crippen molar-refractivity contribution in [2.24, 2.45) is 5.73 Å². The van der Waals surface area contributed by atoms with Gasteiger partial charge in [0.25, 0.3) is 0 Å². The standard InChI is InChI=1S/C2H5NO2.H3O2P/c3-1-2(4)5;1-3-2/h1,3H2,(H,4,5);3H2,(H,1,2). The van der Waals surface area contributed by atoms with Crippen LogP contribution >= 0.6 is 8.69 Å². The van der Waals surface area contributed by atoms with Gasteiger partial charge >= 0.3 is 5.97 Å². The lowest BCUT2D eigenvalue weighted by atomic mass is 10.7. The average Bonchev–Trinajstić information content (AvgIpc) is 1.69. The summed E-state index contributed by atoms with van der Waals surface area (Å²) in [7, 11) is -1.50. The SMILES string of the molecule is NCC(=O)O.O=[PH2]O. The Morgan fingerprint density at radius 3 is 1.88 bits per heavy atom. The molecule has 0 saturated carbocycles. The third-order valence-corrected chi connectivity index (χ3v) is 0.175. The smallest absolute Gasteiger partial charge is 0.317 e. The Morgan fingerprint density at radius 2 is 1.88 bits per heavy atom. The fraction of sp³-hybridized carbons (Fsp3) is 0.500. The second kappa shape index (κ2) is 9.80. The minimum Gasteiger partial charge on any atom is -0.480 e. The van der Waals surface area contributed by atoms with E-state index in [1.807, 2.05) is 0 Å². The van der Waals surface area contributed by atoms with Gasteiger partial charge in [-0.15, -0.1) is 0 Å². The van der Waals surface area contributed by atoms with E-state index in [0.717, 1.165) is 0 Å². The van der Waals surface area contributed by atoms with Gasteiger partial charge in [0.05, 0.1) is 6.54 Å². The summed E-state index contributed by atoms with van der Waals surface area (Å²) < 4.78 is 8.57. The summed E-state index contributed by atoms with van der Waals surface area (Å²) in [6, 6.07) is 0. The monoisotopic (exact) mass is 141 g/mol. The molecule has 0 saturated heterocycles. The summed E-state index contributed by atoms with van der Waals surface area (Å²) in [5.41, 5.74) is 4.57. The molecule has 4 N–H and O–H groups in total. The first-order valence-corrected chi connectivity index (χ1v) is 2.67. The molecular formula is C2H8NO4P. The highest BCUT2D eigenvalue weighted by atomic mass is 31.1. The maximum atomic E-state index is 9.24. The number of carboxylic acid groups (broad SMARTS) is 1. The van der Waals surface area contributed by atoms with Gasteiger partial charge in [-0.2, -0.15) is 0 Å². The van der Waals surface area contributed by atoms with Gasteiger partial charge in [-0.3, -0.25) is 9.36 Å². The fourth-order valence-corrected chi connectivity index (χ4v) is 0. The number of carboxylic acids is 1. The van der Waals surface area contributed by atoms with Crippen LogP contribution in [0, 0.1) is 0 Å². The van der Waals surface area contributed by atoms with Gasteiger partial charge in [0.2, 0.25) is 0 Å². The van der Waals surface area contributed by atoms with E-state index in [1.165, 1.54) is 0 Å². The molecule has 0 fully saturated rings. The van der Waals surface area contributed by atoms with Crippen molar-refractivity contribution >= 4 is 14.7 Å². The number of carbonyl (C=O) groups is 1. The van der Waals surface area contributed by atoms with Gasteiger partial charge in [-0.05, 0) is 0 Å². The summed E-state index contributed by atoms with van der Waals surface area (Å²) in [5.74, 6) is -0.968. The van der Waals surface area contributed by atoms with Gasteiger partial charge in [-0.25, -0.2) is 0 Å². The zero-order chi connectivity index (χ0) is 6.99. The number of nitrogens with two attached hydrogens (primary N) is 1. The summed E-state index contributed by atoms with van der Waals surface area (Å²) in [6.07, 6.45) is 0. The summed E-state index contributed by atoms with van der Waals surface area (Å²) in [6.45, 7) is -0.278. The van der Waals surface area contributed by atoms with E-state index >= 15 is 0 Å². The van der Waals surface area contributed by atoms with Gasteiger partial charge < -0.3 is 15.7 Å². The number of rotatable bonds is 1. The van der Waals surface area contributed by atoms with Crippen LogP contribution in [0.1, 0.15) is 0 Å². The van der Waals surface area contributed by atoms with Crippen LogP contribution in [0.3, 0.4) is 0 Å². The molecular weight excluding hydrogens is 133 g/mol. The fourth-order valence-electron chi connectivity index (χ4n) is 0. The van der Waals surface area contributed by atoms with Crippen LogP contribution < -0.4 is 5.73 Å². The summed E-state index contributed by atoms with van der Waals surface area (Å²) in [4.78, 5) is 16.3. The predicted octanol–water partition coefficient (Wildman–Crippen LogP) is -1.32. The van der Waals surface area contributed by atoms with E-state index in [4.69, 9.17) is 14.6 Å². The molecule has 0 radical (unpaired) electrons. The van der Waals surface area contributed by atoms with Gasteiger partial charge in [0.15, 0.2) is 8.69 Å². The van der Waals surface area contributed by atoms with Crippen molar-refractivity contribution in [1.82, 2.24) is 0 Å². The Bertz CT molecular complexity index is 74.4. The van der Waals surface area contributed by atoms with Crippen molar-refractivity contribution in [3.05, 3.63) is 0 Å². The molecule has 0 rings (SSSR count). The molecule has 0 spiro atoms. The van der Waals surface area contributed by atoms with Crippen LogP contribution in [0.5, 0.6) is 0 Å². The van der Waals surface area contributed by atoms with Crippen LogP contribution in [-0.2, 0) is 9.36 Å². The lowest BCUT2D eigenvalue weighted by Gasteiger charge is -1.73. The van der Waals surface area contributed by atoms with Gasteiger partial charge in [0.1, 0.15) is 0 Å². The van der Waals surface area contributed by atoms with Crippen LogP contribution in [0.4, 0.5) is 0 Å². The normalized spacial score (nSPS) is 8.25. The molecule has 8 heavy (non-hydrogen) atoms. The number of aliphatic carboxylic acids is 1. The molecule has 0 aliphatic rings. The highest BCUT2D eigenvalue weighted by Crippen LogP contribution is 1.66. The maximum Gasteiger partial charge on any atom is 0.317 e. The molecule has 1 atom stereocenters. The maximum absolute atomic E-state index is 9.24. The molecule has 0 aliphatic heterocycles. The first kappa shape index (κ1) is 10.6. The van der Waals surface area contributed by atoms with E-state index in [2.05, 4.69) is 5.73 Å². The zero-order valence-electron chi connectivity index (χ0n) is 4.07. The van der Waals surface area contributed by atoms with Crippen LogP contribution in [-0.4, -0.2) is 22.5 Å². The number of hydrogen-bond donors (Lipinski definition) is 3. The third kappa shape index (κ3) is 45.7. The van der Waals surface area contributed by atoms with Crippen molar-refractivity contribution < 1.29 is 19.4 Å². The lowest BCUT2D eigenvalue weighted by molar-refractivity contribution is -0.135. The van der Waals surface area contributed by atoms with Gasteiger partial charge in [0, 0.05) is 0 Å². The van der Waals surface area contributed by atoms with E-state index in [9.17, 15) is 4.79 Å². The third-order valence-electron chi connectivity index (χ3n) is 0.175. The average molecular weight is 141 g/mol. The van der Waals surface area contributed by atoms with E-state index in [1.54, 1.807) is 0 Å². The van der Waals surface area contributed by atoms with Crippen molar-refractivity contribution in [2.45, 2.75) is 0 Å². The second-order valence-corrected chi connectivity index (χ2v) is 0.914. The largest absolute Gasteiger partial charge is 0.480 e. The molecule has 0 amide bonds.